The molecule has 140 valence electrons. The van der Waals surface area contributed by atoms with Gasteiger partial charge in [0.05, 0.1) is 14.9 Å². The van der Waals surface area contributed by atoms with Gasteiger partial charge in [0.25, 0.3) is 0 Å². The standard InChI is InChI=1S/C20H16OS.ClHO4/c21-19(16-10-4-1-5-11-16)20(22,17-12-6-2-7-13-17)18-14-8-3-9-15-18;2-1(3,4)5/h1-15,22H;(H,2,3,4,5). The fraction of sp³-hybridized carbons (Fsp3) is 0.0500. The van der Waals surface area contributed by atoms with Crippen LogP contribution in [0.3, 0.4) is 0 Å². The second-order valence-electron chi connectivity index (χ2n) is 5.53. The number of ketones is 1. The molecule has 0 aliphatic heterocycles. The van der Waals surface area contributed by atoms with Crippen LogP contribution in [0.1, 0.15) is 21.5 Å². The minimum absolute atomic E-state index is 0.0196. The molecular formula is C20H17ClO5S. The first-order valence-corrected chi connectivity index (χ1v) is 9.50. The number of thiol groups is 1. The van der Waals surface area contributed by atoms with E-state index in [9.17, 15) is 4.79 Å². The number of carbonyl (C=O) groups excluding carboxylic acids is 1. The summed E-state index contributed by atoms with van der Waals surface area (Å²) in [6.07, 6.45) is 0. The number of halogens is 1. The molecule has 5 nitrogen and oxygen atoms in total. The Kier molecular flexibility index (Phi) is 7.15. The zero-order valence-electron chi connectivity index (χ0n) is 14.1. The number of carbonyl (C=O) groups is 1. The van der Waals surface area contributed by atoms with Gasteiger partial charge in [0, 0.05) is 5.56 Å². The Morgan fingerprint density at radius 2 is 1.04 bits per heavy atom. The zero-order valence-corrected chi connectivity index (χ0v) is 15.7. The first-order valence-electron chi connectivity index (χ1n) is 7.79. The van der Waals surface area contributed by atoms with E-state index in [1.54, 1.807) is 0 Å². The third kappa shape index (κ3) is 5.90. The molecule has 0 saturated carbocycles. The third-order valence-electron chi connectivity index (χ3n) is 3.75. The van der Waals surface area contributed by atoms with Crippen molar-refractivity contribution in [2.45, 2.75) is 4.75 Å². The van der Waals surface area contributed by atoms with E-state index in [2.05, 4.69) is 0 Å². The number of benzene rings is 3. The first-order chi connectivity index (χ1) is 12.7. The smallest absolute Gasteiger partial charge is 0.187 e. The molecule has 0 unspecified atom stereocenters. The van der Waals surface area contributed by atoms with Crippen molar-refractivity contribution in [1.82, 2.24) is 0 Å². The Morgan fingerprint density at radius 3 is 1.37 bits per heavy atom. The van der Waals surface area contributed by atoms with E-state index in [-0.39, 0.29) is 5.78 Å². The first kappa shape index (κ1) is 21.1. The molecule has 7 heteroatoms. The number of hydrogen-bond donors (Lipinski definition) is 2. The highest BCUT2D eigenvalue weighted by Gasteiger charge is 2.38. The van der Waals surface area contributed by atoms with Crippen LogP contribution in [0.25, 0.3) is 0 Å². The van der Waals surface area contributed by atoms with E-state index in [4.69, 9.17) is 31.3 Å². The van der Waals surface area contributed by atoms with Crippen LogP contribution in [0.4, 0.5) is 0 Å². The fourth-order valence-corrected chi connectivity index (χ4v) is 3.01. The minimum atomic E-state index is -4.69. The highest BCUT2D eigenvalue weighted by atomic mass is 35.7. The lowest BCUT2D eigenvalue weighted by Crippen LogP contribution is -2.58. The van der Waals surface area contributed by atoms with E-state index in [1.807, 2.05) is 91.0 Å². The van der Waals surface area contributed by atoms with Crippen LogP contribution in [-0.2, 0) is 4.75 Å². The molecule has 0 heterocycles. The molecule has 1 N–H and O–H groups in total. The van der Waals surface area contributed by atoms with Gasteiger partial charge in [-0.05, 0) is 11.1 Å². The summed E-state index contributed by atoms with van der Waals surface area (Å²) < 4.78 is 31.7. The van der Waals surface area contributed by atoms with Gasteiger partial charge in [-0.2, -0.15) is 26.6 Å². The van der Waals surface area contributed by atoms with Crippen LogP contribution in [0.2, 0.25) is 0 Å². The van der Waals surface area contributed by atoms with Gasteiger partial charge >= 0.3 is 0 Å². The van der Waals surface area contributed by atoms with Crippen molar-refractivity contribution >= 4 is 18.4 Å². The maximum Gasteiger partial charge on any atom is 0.187 e. The summed E-state index contributed by atoms with van der Waals surface area (Å²) in [6, 6.07) is 28.7. The monoisotopic (exact) mass is 404 g/mol. The van der Waals surface area contributed by atoms with E-state index in [0.29, 0.717) is 5.56 Å². The number of rotatable bonds is 4. The molecule has 0 aliphatic rings. The fourth-order valence-electron chi connectivity index (χ4n) is 2.59. The maximum absolute atomic E-state index is 13.2. The number of Topliss-reactive ketones (excluding diaryl/α,β-unsaturated/α-hetero) is 1. The average molecular weight is 405 g/mol. The van der Waals surface area contributed by atoms with Crippen molar-refractivity contribution in [3.05, 3.63) is 108 Å². The largest absolute Gasteiger partial charge is 0.292 e. The van der Waals surface area contributed by atoms with Gasteiger partial charge in [0.2, 0.25) is 0 Å². The van der Waals surface area contributed by atoms with Crippen LogP contribution in [0.5, 0.6) is 0 Å². The molecule has 27 heavy (non-hydrogen) atoms. The Balaban J connectivity index is 0.000000465. The van der Waals surface area contributed by atoms with Crippen LogP contribution >= 0.6 is 12.6 Å². The Bertz CT molecular complexity index is 806. The van der Waals surface area contributed by atoms with Gasteiger partial charge in [-0.25, -0.2) is 0 Å². The van der Waals surface area contributed by atoms with Crippen molar-refractivity contribution in [2.24, 2.45) is 0 Å². The van der Waals surface area contributed by atoms with Crippen LogP contribution in [0, 0.1) is 10.2 Å². The van der Waals surface area contributed by atoms with Gasteiger partial charge in [-0.15, -0.1) is 0 Å². The molecule has 0 spiro atoms. The summed E-state index contributed by atoms with van der Waals surface area (Å²) in [4.78, 5) is 13.2. The highest BCUT2D eigenvalue weighted by Crippen LogP contribution is 2.39. The van der Waals surface area contributed by atoms with Crippen LogP contribution in [0.15, 0.2) is 91.0 Å². The predicted molar refractivity (Wildman–Crippen MR) is 95.6 cm³/mol. The summed E-state index contributed by atoms with van der Waals surface area (Å²) in [5.74, 6) is -0.0196. The van der Waals surface area contributed by atoms with Crippen molar-refractivity contribution in [1.29, 1.82) is 0 Å². The van der Waals surface area contributed by atoms with Crippen molar-refractivity contribution in [2.75, 3.05) is 0 Å². The quantitative estimate of drug-likeness (QED) is 0.489. The molecule has 3 aromatic carbocycles. The molecule has 3 rings (SSSR count). The minimum Gasteiger partial charge on any atom is -0.292 e. The summed E-state index contributed by atoms with van der Waals surface area (Å²) in [6.45, 7) is 0. The molecule has 0 radical (unpaired) electrons. The van der Waals surface area contributed by atoms with Crippen molar-refractivity contribution in [3.8, 4) is 0 Å². The summed E-state index contributed by atoms with van der Waals surface area (Å²) in [5.41, 5.74) is 2.40. The Hall–Kier alpha value is -2.19. The van der Waals surface area contributed by atoms with Gasteiger partial charge in [-0.3, -0.25) is 4.79 Å². The van der Waals surface area contributed by atoms with Crippen molar-refractivity contribution in [3.63, 3.8) is 0 Å². The molecular weight excluding hydrogens is 388 g/mol. The number of hydrogen-bond acceptors (Lipinski definition) is 6. The van der Waals surface area contributed by atoms with Gasteiger partial charge in [-0.1, -0.05) is 91.0 Å². The summed E-state index contributed by atoms with van der Waals surface area (Å²) >= 11 is 4.85. The molecule has 0 bridgehead atoms. The normalized spacial score (nSPS) is 11.3. The lowest BCUT2D eigenvalue weighted by molar-refractivity contribution is -1.92. The molecule has 0 amide bonds. The Labute approximate surface area is 164 Å². The molecule has 3 aromatic rings. The van der Waals surface area contributed by atoms with E-state index in [1.165, 1.54) is 0 Å². The van der Waals surface area contributed by atoms with Crippen molar-refractivity contribution < 1.29 is 33.7 Å². The topological polar surface area (TPSA) is 106 Å². The van der Waals surface area contributed by atoms with Crippen LogP contribution < -0.4 is 14.0 Å². The Morgan fingerprint density at radius 1 is 0.741 bits per heavy atom. The second kappa shape index (κ2) is 9.14. The summed E-state index contributed by atoms with van der Waals surface area (Å²) in [5, 5.41) is 0. The van der Waals surface area contributed by atoms with Gasteiger partial charge < -0.3 is 0 Å². The van der Waals surface area contributed by atoms with E-state index < -0.39 is 15.0 Å². The van der Waals surface area contributed by atoms with E-state index >= 15 is 0 Å². The molecule has 0 aliphatic carbocycles. The summed E-state index contributed by atoms with van der Waals surface area (Å²) in [7, 11) is -4.69. The van der Waals surface area contributed by atoms with Gasteiger partial charge in [0.15, 0.2) is 5.78 Å². The molecule has 0 aromatic heterocycles. The second-order valence-corrected chi connectivity index (χ2v) is 7.00. The third-order valence-corrected chi connectivity index (χ3v) is 4.47. The average Bonchev–Trinajstić information content (AvgIpc) is 2.67. The maximum atomic E-state index is 13.2. The molecule has 0 atom stereocenters. The lowest BCUT2D eigenvalue weighted by atomic mass is 9.84. The predicted octanol–water partition coefficient (Wildman–Crippen LogP) is 0.619. The molecule has 0 saturated heterocycles. The zero-order chi connectivity index (χ0) is 19.9. The highest BCUT2D eigenvalue weighted by molar-refractivity contribution is 7.82. The van der Waals surface area contributed by atoms with Crippen LogP contribution in [-0.4, -0.2) is 10.4 Å². The van der Waals surface area contributed by atoms with Gasteiger partial charge in [0.1, 0.15) is 4.75 Å². The molecule has 0 fully saturated rings. The lowest BCUT2D eigenvalue weighted by Gasteiger charge is -2.28. The SMILES string of the molecule is O=C(c1ccccc1)C(S)(c1ccccc1)c1ccccc1.[O-][Cl+3]([O-])([O-])O. The van der Waals surface area contributed by atoms with E-state index in [0.717, 1.165) is 11.1 Å².